The lowest BCUT2D eigenvalue weighted by Gasteiger charge is -2.13. The largest absolute Gasteiger partial charge is 0.496 e. The van der Waals surface area contributed by atoms with Crippen molar-refractivity contribution in [2.45, 2.75) is 0 Å². The number of rotatable bonds is 3. The van der Waals surface area contributed by atoms with Gasteiger partial charge in [0.15, 0.2) is 5.11 Å². The van der Waals surface area contributed by atoms with Crippen LogP contribution >= 0.6 is 23.8 Å². The molecule has 0 bridgehead atoms. The van der Waals surface area contributed by atoms with Crippen LogP contribution in [-0.2, 0) is 4.79 Å². The molecule has 116 valence electrons. The van der Waals surface area contributed by atoms with Gasteiger partial charge in [0.2, 0.25) is 0 Å². The molecule has 2 aromatic rings. The fraction of sp³-hybridized carbons (Fsp3) is 0.0588. The van der Waals surface area contributed by atoms with Crippen LogP contribution in [0.4, 0.5) is 5.69 Å². The smallest absolute Gasteiger partial charge is 0.281 e. The lowest BCUT2D eigenvalue weighted by Crippen LogP contribution is -2.30. The van der Waals surface area contributed by atoms with Crippen molar-refractivity contribution < 1.29 is 9.53 Å². The number of hydrogen-bond donors (Lipinski definition) is 1. The first-order valence-corrected chi connectivity index (χ1v) is 7.64. The molecule has 1 aliphatic heterocycles. The molecular formula is C17H13ClN2O2S. The van der Waals surface area contributed by atoms with Crippen molar-refractivity contribution in [3.63, 3.8) is 0 Å². The van der Waals surface area contributed by atoms with E-state index in [4.69, 9.17) is 28.6 Å². The third kappa shape index (κ3) is 3.06. The number of carbonyl (C=O) groups is 1. The lowest BCUT2D eigenvalue weighted by molar-refractivity contribution is -0.113. The number of methoxy groups -OCH3 is 1. The van der Waals surface area contributed by atoms with Crippen LogP contribution in [0.5, 0.6) is 5.75 Å². The second-order valence-electron chi connectivity index (χ2n) is 4.85. The van der Waals surface area contributed by atoms with E-state index >= 15 is 0 Å². The van der Waals surface area contributed by atoms with Crippen LogP contribution in [0.25, 0.3) is 6.08 Å². The van der Waals surface area contributed by atoms with Gasteiger partial charge in [0.1, 0.15) is 11.4 Å². The Kier molecular flexibility index (Phi) is 4.32. The summed E-state index contributed by atoms with van der Waals surface area (Å²) >= 11 is 11.2. The van der Waals surface area contributed by atoms with Gasteiger partial charge in [-0.25, -0.2) is 0 Å². The zero-order valence-electron chi connectivity index (χ0n) is 12.2. The third-order valence-electron chi connectivity index (χ3n) is 3.40. The SMILES string of the molecule is COc1ccccc1C=C1NC(=S)N(c2ccc(Cl)cc2)C1=O. The second-order valence-corrected chi connectivity index (χ2v) is 5.67. The molecule has 23 heavy (non-hydrogen) atoms. The average Bonchev–Trinajstić information content (AvgIpc) is 2.83. The van der Waals surface area contributed by atoms with E-state index in [1.165, 1.54) is 4.90 Å². The minimum Gasteiger partial charge on any atom is -0.496 e. The molecule has 1 N–H and O–H groups in total. The number of carbonyl (C=O) groups excluding carboxylic acids is 1. The monoisotopic (exact) mass is 344 g/mol. The molecule has 1 aliphatic rings. The standard InChI is InChI=1S/C17H13ClN2O2S/c1-22-15-5-3-2-4-11(15)10-14-16(21)20(17(23)19-14)13-8-6-12(18)7-9-13/h2-10H,1H3,(H,19,23). The molecule has 0 atom stereocenters. The Hall–Kier alpha value is -2.37. The Balaban J connectivity index is 1.95. The molecule has 0 aliphatic carbocycles. The molecule has 2 aromatic carbocycles. The Morgan fingerprint density at radius 2 is 1.87 bits per heavy atom. The topological polar surface area (TPSA) is 41.6 Å². The summed E-state index contributed by atoms with van der Waals surface area (Å²) in [5, 5.41) is 3.88. The molecule has 4 nitrogen and oxygen atoms in total. The number of benzene rings is 2. The summed E-state index contributed by atoms with van der Waals surface area (Å²) in [5.41, 5.74) is 1.86. The molecule has 0 radical (unpaired) electrons. The average molecular weight is 345 g/mol. The van der Waals surface area contributed by atoms with Crippen molar-refractivity contribution in [3.05, 3.63) is 64.8 Å². The van der Waals surface area contributed by atoms with E-state index in [0.29, 0.717) is 27.3 Å². The van der Waals surface area contributed by atoms with Gasteiger partial charge < -0.3 is 10.1 Å². The summed E-state index contributed by atoms with van der Waals surface area (Å²) in [5.74, 6) is 0.466. The first-order valence-electron chi connectivity index (χ1n) is 6.86. The summed E-state index contributed by atoms with van der Waals surface area (Å²) in [6, 6.07) is 14.4. The molecule has 0 aromatic heterocycles. The number of para-hydroxylation sites is 1. The first-order chi connectivity index (χ1) is 11.1. The quantitative estimate of drug-likeness (QED) is 0.682. The highest BCUT2D eigenvalue weighted by molar-refractivity contribution is 7.80. The Labute approximate surface area is 144 Å². The van der Waals surface area contributed by atoms with Crippen molar-refractivity contribution in [1.82, 2.24) is 5.32 Å². The van der Waals surface area contributed by atoms with Crippen LogP contribution in [0.1, 0.15) is 5.56 Å². The van der Waals surface area contributed by atoms with Crippen molar-refractivity contribution in [3.8, 4) is 5.75 Å². The Bertz CT molecular complexity index is 802. The normalized spacial score (nSPS) is 15.9. The number of halogens is 1. The van der Waals surface area contributed by atoms with Crippen molar-refractivity contribution in [2.75, 3.05) is 12.0 Å². The number of thiocarbonyl (C=S) groups is 1. The molecule has 0 unspecified atom stereocenters. The van der Waals surface area contributed by atoms with Crippen LogP contribution < -0.4 is 15.0 Å². The maximum Gasteiger partial charge on any atom is 0.281 e. The van der Waals surface area contributed by atoms with Crippen LogP contribution in [0, 0.1) is 0 Å². The predicted molar refractivity (Wildman–Crippen MR) is 95.6 cm³/mol. The number of nitrogens with zero attached hydrogens (tertiary/aromatic N) is 1. The van der Waals surface area contributed by atoms with Gasteiger partial charge in [-0.3, -0.25) is 9.69 Å². The molecular weight excluding hydrogens is 332 g/mol. The highest BCUT2D eigenvalue weighted by Gasteiger charge is 2.32. The van der Waals surface area contributed by atoms with E-state index in [9.17, 15) is 4.79 Å². The lowest BCUT2D eigenvalue weighted by atomic mass is 10.1. The van der Waals surface area contributed by atoms with Crippen molar-refractivity contribution in [1.29, 1.82) is 0 Å². The maximum atomic E-state index is 12.6. The van der Waals surface area contributed by atoms with Crippen LogP contribution in [0.2, 0.25) is 5.02 Å². The van der Waals surface area contributed by atoms with E-state index in [1.807, 2.05) is 24.3 Å². The molecule has 1 saturated heterocycles. The minimum absolute atomic E-state index is 0.219. The summed E-state index contributed by atoms with van der Waals surface area (Å²) in [4.78, 5) is 14.1. The number of hydrogen-bond acceptors (Lipinski definition) is 3. The molecule has 6 heteroatoms. The van der Waals surface area contributed by atoms with E-state index in [2.05, 4.69) is 5.32 Å². The van der Waals surface area contributed by atoms with Crippen LogP contribution in [0.3, 0.4) is 0 Å². The fourth-order valence-electron chi connectivity index (χ4n) is 2.30. The first kappa shape index (κ1) is 15.5. The van der Waals surface area contributed by atoms with Crippen LogP contribution in [-0.4, -0.2) is 18.1 Å². The highest BCUT2D eigenvalue weighted by Crippen LogP contribution is 2.26. The van der Waals surface area contributed by atoms with Gasteiger partial charge in [-0.05, 0) is 48.6 Å². The van der Waals surface area contributed by atoms with Gasteiger partial charge in [0.25, 0.3) is 5.91 Å². The fourth-order valence-corrected chi connectivity index (χ4v) is 2.73. The highest BCUT2D eigenvalue weighted by atomic mass is 35.5. The van der Waals surface area contributed by atoms with Gasteiger partial charge in [0.05, 0.1) is 12.8 Å². The van der Waals surface area contributed by atoms with E-state index in [-0.39, 0.29) is 5.91 Å². The molecule has 1 fully saturated rings. The van der Waals surface area contributed by atoms with Gasteiger partial charge in [-0.15, -0.1) is 0 Å². The van der Waals surface area contributed by atoms with E-state index in [0.717, 1.165) is 5.56 Å². The maximum absolute atomic E-state index is 12.6. The van der Waals surface area contributed by atoms with Gasteiger partial charge in [-0.1, -0.05) is 29.8 Å². The Morgan fingerprint density at radius 1 is 1.17 bits per heavy atom. The second kappa shape index (κ2) is 6.40. The molecule has 0 saturated carbocycles. The number of anilines is 1. The molecule has 0 spiro atoms. The van der Waals surface area contributed by atoms with Gasteiger partial charge >= 0.3 is 0 Å². The zero-order chi connectivity index (χ0) is 16.4. The summed E-state index contributed by atoms with van der Waals surface area (Å²) in [6.45, 7) is 0. The van der Waals surface area contributed by atoms with Gasteiger partial charge in [-0.2, -0.15) is 0 Å². The van der Waals surface area contributed by atoms with Crippen LogP contribution in [0.15, 0.2) is 54.2 Å². The number of amides is 1. The van der Waals surface area contributed by atoms with Crippen molar-refractivity contribution in [2.24, 2.45) is 0 Å². The van der Waals surface area contributed by atoms with E-state index in [1.54, 1.807) is 37.5 Å². The van der Waals surface area contributed by atoms with E-state index < -0.39 is 0 Å². The summed E-state index contributed by atoms with van der Waals surface area (Å²) in [6.07, 6.45) is 1.73. The number of nitrogens with one attached hydrogen (secondary N) is 1. The number of ether oxygens (including phenoxy) is 1. The Morgan fingerprint density at radius 3 is 2.57 bits per heavy atom. The minimum atomic E-state index is -0.219. The zero-order valence-corrected chi connectivity index (χ0v) is 13.8. The molecule has 1 heterocycles. The summed E-state index contributed by atoms with van der Waals surface area (Å²) in [7, 11) is 1.59. The third-order valence-corrected chi connectivity index (χ3v) is 3.94. The van der Waals surface area contributed by atoms with Crippen molar-refractivity contribution >= 4 is 46.6 Å². The molecule has 1 amide bonds. The summed E-state index contributed by atoms with van der Waals surface area (Å²) < 4.78 is 5.30. The molecule has 3 rings (SSSR count). The predicted octanol–water partition coefficient (Wildman–Crippen LogP) is 3.61. The van der Waals surface area contributed by atoms with Gasteiger partial charge in [0, 0.05) is 10.6 Å².